The average molecular weight is 304 g/mol. The molecule has 0 saturated heterocycles. The molecule has 5 nitrogen and oxygen atoms in total. The lowest BCUT2D eigenvalue weighted by Gasteiger charge is -2.05. The normalized spacial score (nSPS) is 11.1. The molecule has 2 aromatic heterocycles. The number of para-hydroxylation sites is 1. The summed E-state index contributed by atoms with van der Waals surface area (Å²) in [6.07, 6.45) is 3.95. The Morgan fingerprint density at radius 3 is 2.96 bits per heavy atom. The summed E-state index contributed by atoms with van der Waals surface area (Å²) >= 11 is 0. The summed E-state index contributed by atoms with van der Waals surface area (Å²) in [4.78, 5) is 22.7. The lowest BCUT2D eigenvalue weighted by atomic mass is 10.1. The summed E-state index contributed by atoms with van der Waals surface area (Å²) in [7, 11) is 0. The fourth-order valence-corrected chi connectivity index (χ4v) is 2.81. The first kappa shape index (κ1) is 13.6. The first-order valence-corrected chi connectivity index (χ1v) is 7.53. The largest absolute Gasteiger partial charge is 0.361 e. The Labute approximate surface area is 132 Å². The SMILES string of the molecule is O=C(Cc1c[nH]c2ccccc12)NCc1ccc2nc[nH]c2c1. The van der Waals surface area contributed by atoms with Crippen LogP contribution in [0.2, 0.25) is 0 Å². The monoisotopic (exact) mass is 304 g/mol. The van der Waals surface area contributed by atoms with Gasteiger partial charge in [0.2, 0.25) is 5.91 Å². The van der Waals surface area contributed by atoms with Crippen LogP contribution in [0.1, 0.15) is 11.1 Å². The summed E-state index contributed by atoms with van der Waals surface area (Å²) in [6.45, 7) is 0.510. The molecule has 0 aliphatic rings. The van der Waals surface area contributed by atoms with Crippen molar-refractivity contribution in [2.75, 3.05) is 0 Å². The van der Waals surface area contributed by atoms with Gasteiger partial charge in [0.15, 0.2) is 0 Å². The minimum absolute atomic E-state index is 0.0134. The molecule has 4 rings (SSSR count). The quantitative estimate of drug-likeness (QED) is 0.542. The maximum atomic E-state index is 12.2. The summed E-state index contributed by atoms with van der Waals surface area (Å²) in [5.74, 6) is 0.0134. The highest BCUT2D eigenvalue weighted by atomic mass is 16.1. The lowest BCUT2D eigenvalue weighted by molar-refractivity contribution is -0.120. The number of nitrogens with one attached hydrogen (secondary N) is 3. The number of hydrogen-bond acceptors (Lipinski definition) is 2. The van der Waals surface area contributed by atoms with Crippen LogP contribution in [0.3, 0.4) is 0 Å². The number of H-pyrrole nitrogens is 2. The Balaban J connectivity index is 1.43. The minimum Gasteiger partial charge on any atom is -0.361 e. The molecule has 5 heteroatoms. The van der Waals surface area contributed by atoms with E-state index in [1.807, 2.05) is 48.7 Å². The van der Waals surface area contributed by atoms with E-state index < -0.39 is 0 Å². The molecular formula is C18H16N4O. The fourth-order valence-electron chi connectivity index (χ4n) is 2.81. The number of carbonyl (C=O) groups is 1. The number of hydrogen-bond donors (Lipinski definition) is 3. The number of aromatic nitrogens is 3. The van der Waals surface area contributed by atoms with Crippen molar-refractivity contribution in [3.63, 3.8) is 0 Å². The van der Waals surface area contributed by atoms with Crippen LogP contribution in [0, 0.1) is 0 Å². The van der Waals surface area contributed by atoms with Gasteiger partial charge in [-0.25, -0.2) is 4.98 Å². The van der Waals surface area contributed by atoms with Crippen molar-refractivity contribution in [2.24, 2.45) is 0 Å². The van der Waals surface area contributed by atoms with Crippen molar-refractivity contribution in [2.45, 2.75) is 13.0 Å². The Kier molecular flexibility index (Phi) is 3.31. The van der Waals surface area contributed by atoms with Crippen molar-refractivity contribution in [3.8, 4) is 0 Å². The number of nitrogens with zero attached hydrogens (tertiary/aromatic N) is 1. The van der Waals surface area contributed by atoms with E-state index in [1.165, 1.54) is 0 Å². The molecule has 3 N–H and O–H groups in total. The number of imidazole rings is 1. The number of fused-ring (bicyclic) bond motifs is 2. The van der Waals surface area contributed by atoms with Crippen molar-refractivity contribution >= 4 is 27.8 Å². The average Bonchev–Trinajstić information content (AvgIpc) is 3.20. The van der Waals surface area contributed by atoms with Gasteiger partial charge >= 0.3 is 0 Å². The van der Waals surface area contributed by atoms with Crippen molar-refractivity contribution in [1.82, 2.24) is 20.3 Å². The summed E-state index contributed by atoms with van der Waals surface area (Å²) < 4.78 is 0. The predicted molar refractivity (Wildman–Crippen MR) is 89.9 cm³/mol. The molecule has 23 heavy (non-hydrogen) atoms. The third-order valence-corrected chi connectivity index (χ3v) is 4.00. The van der Waals surface area contributed by atoms with Gasteiger partial charge in [0, 0.05) is 23.6 Å². The highest BCUT2D eigenvalue weighted by Crippen LogP contribution is 2.18. The molecule has 114 valence electrons. The van der Waals surface area contributed by atoms with Gasteiger partial charge in [-0.05, 0) is 29.3 Å². The van der Waals surface area contributed by atoms with E-state index in [0.29, 0.717) is 13.0 Å². The molecule has 4 aromatic rings. The first-order chi connectivity index (χ1) is 11.3. The summed E-state index contributed by atoms with van der Waals surface area (Å²) in [6, 6.07) is 13.9. The standard InChI is InChI=1S/C18H16N4O/c23-18(8-13-10-19-15-4-2-1-3-14(13)15)20-9-12-5-6-16-17(7-12)22-11-21-16/h1-7,10-11,19H,8-9H2,(H,20,23)(H,21,22). The third-order valence-electron chi connectivity index (χ3n) is 4.00. The molecule has 2 heterocycles. The molecule has 0 radical (unpaired) electrons. The smallest absolute Gasteiger partial charge is 0.224 e. The van der Waals surface area contributed by atoms with Crippen molar-refractivity contribution < 1.29 is 4.79 Å². The molecule has 0 aliphatic carbocycles. The molecule has 0 unspecified atom stereocenters. The highest BCUT2D eigenvalue weighted by molar-refractivity contribution is 5.88. The van der Waals surface area contributed by atoms with E-state index in [2.05, 4.69) is 20.3 Å². The van der Waals surface area contributed by atoms with Crippen LogP contribution >= 0.6 is 0 Å². The predicted octanol–water partition coefficient (Wildman–Crippen LogP) is 2.90. The number of aromatic amines is 2. The fraction of sp³-hybridized carbons (Fsp3) is 0.111. The van der Waals surface area contributed by atoms with Crippen LogP contribution in [-0.2, 0) is 17.8 Å². The molecule has 0 saturated carbocycles. The molecule has 0 bridgehead atoms. The first-order valence-electron chi connectivity index (χ1n) is 7.53. The Morgan fingerprint density at radius 1 is 1.09 bits per heavy atom. The van der Waals surface area contributed by atoms with Gasteiger partial charge in [-0.1, -0.05) is 24.3 Å². The molecule has 2 aromatic carbocycles. The van der Waals surface area contributed by atoms with E-state index in [-0.39, 0.29) is 5.91 Å². The van der Waals surface area contributed by atoms with Crippen LogP contribution in [0.15, 0.2) is 55.0 Å². The van der Waals surface area contributed by atoms with Gasteiger partial charge in [0.25, 0.3) is 0 Å². The van der Waals surface area contributed by atoms with Crippen molar-refractivity contribution in [1.29, 1.82) is 0 Å². The molecule has 0 spiro atoms. The molecule has 0 atom stereocenters. The number of rotatable bonds is 4. The van der Waals surface area contributed by atoms with Crippen molar-refractivity contribution in [3.05, 3.63) is 66.1 Å². The highest BCUT2D eigenvalue weighted by Gasteiger charge is 2.08. The third kappa shape index (κ3) is 2.68. The summed E-state index contributed by atoms with van der Waals surface area (Å²) in [5, 5.41) is 4.07. The zero-order valence-corrected chi connectivity index (χ0v) is 12.5. The van der Waals surface area contributed by atoms with E-state index >= 15 is 0 Å². The van der Waals surface area contributed by atoms with Crippen LogP contribution in [-0.4, -0.2) is 20.9 Å². The topological polar surface area (TPSA) is 73.6 Å². The van der Waals surface area contributed by atoms with Crippen LogP contribution < -0.4 is 5.32 Å². The van der Waals surface area contributed by atoms with Gasteiger partial charge in [-0.15, -0.1) is 0 Å². The zero-order valence-electron chi connectivity index (χ0n) is 12.5. The second-order valence-electron chi connectivity index (χ2n) is 5.57. The van der Waals surface area contributed by atoms with E-state index in [1.54, 1.807) is 6.33 Å². The van der Waals surface area contributed by atoms with Gasteiger partial charge in [0.05, 0.1) is 23.8 Å². The number of carbonyl (C=O) groups excluding carboxylic acids is 1. The number of benzene rings is 2. The zero-order chi connectivity index (χ0) is 15.6. The second-order valence-corrected chi connectivity index (χ2v) is 5.57. The van der Waals surface area contributed by atoms with Gasteiger partial charge in [-0.3, -0.25) is 4.79 Å². The molecule has 0 aliphatic heterocycles. The molecular weight excluding hydrogens is 288 g/mol. The van der Waals surface area contributed by atoms with Gasteiger partial charge < -0.3 is 15.3 Å². The maximum absolute atomic E-state index is 12.2. The Bertz CT molecular complexity index is 983. The van der Waals surface area contributed by atoms with Gasteiger partial charge in [0.1, 0.15) is 0 Å². The number of amides is 1. The Hall–Kier alpha value is -3.08. The second kappa shape index (κ2) is 5.61. The molecule has 0 fully saturated rings. The van der Waals surface area contributed by atoms with Crippen LogP contribution in [0.4, 0.5) is 0 Å². The summed E-state index contributed by atoms with van der Waals surface area (Å²) in [5.41, 5.74) is 5.03. The van der Waals surface area contributed by atoms with E-state index in [0.717, 1.165) is 33.1 Å². The van der Waals surface area contributed by atoms with Crippen LogP contribution in [0.5, 0.6) is 0 Å². The van der Waals surface area contributed by atoms with Gasteiger partial charge in [-0.2, -0.15) is 0 Å². The van der Waals surface area contributed by atoms with E-state index in [4.69, 9.17) is 0 Å². The molecule has 1 amide bonds. The maximum Gasteiger partial charge on any atom is 0.224 e. The minimum atomic E-state index is 0.0134. The lowest BCUT2D eigenvalue weighted by Crippen LogP contribution is -2.24. The van der Waals surface area contributed by atoms with Crippen LogP contribution in [0.25, 0.3) is 21.9 Å². The Morgan fingerprint density at radius 2 is 2.00 bits per heavy atom. The van der Waals surface area contributed by atoms with E-state index in [9.17, 15) is 4.79 Å².